The van der Waals surface area contributed by atoms with Crippen molar-refractivity contribution in [2.24, 2.45) is 11.8 Å². The molecular formula is C20H25NO5. The molecule has 3 atom stereocenters. The minimum absolute atomic E-state index is 0.00958. The molecule has 0 bridgehead atoms. The summed E-state index contributed by atoms with van der Waals surface area (Å²) in [5, 5.41) is 2.88. The molecule has 0 unspecified atom stereocenters. The number of amides is 1. The molecule has 2 aliphatic rings. The highest BCUT2D eigenvalue weighted by Gasteiger charge is 2.35. The summed E-state index contributed by atoms with van der Waals surface area (Å²) in [5.41, 5.74) is 0.678. The van der Waals surface area contributed by atoms with E-state index in [0.717, 1.165) is 25.2 Å². The summed E-state index contributed by atoms with van der Waals surface area (Å²) in [6, 6.07) is 7.12. The molecule has 6 nitrogen and oxygen atoms in total. The van der Waals surface area contributed by atoms with E-state index < -0.39 is 11.8 Å². The highest BCUT2D eigenvalue weighted by molar-refractivity contribution is 5.95. The number of methoxy groups -OCH3 is 1. The van der Waals surface area contributed by atoms with Crippen LogP contribution >= 0.6 is 0 Å². The minimum Gasteiger partial charge on any atom is -0.497 e. The summed E-state index contributed by atoms with van der Waals surface area (Å²) in [4.78, 5) is 25.2. The molecule has 1 aromatic carbocycles. The van der Waals surface area contributed by atoms with Crippen LogP contribution in [0.3, 0.4) is 0 Å². The second kappa shape index (κ2) is 8.85. The lowest BCUT2D eigenvalue weighted by Crippen LogP contribution is -2.36. The Labute approximate surface area is 153 Å². The molecule has 3 rings (SSSR count). The van der Waals surface area contributed by atoms with Crippen LogP contribution in [0.1, 0.15) is 25.7 Å². The molecule has 1 heterocycles. The summed E-state index contributed by atoms with van der Waals surface area (Å²) < 4.78 is 16.0. The monoisotopic (exact) mass is 359 g/mol. The van der Waals surface area contributed by atoms with Crippen LogP contribution in [0.2, 0.25) is 0 Å². The summed E-state index contributed by atoms with van der Waals surface area (Å²) in [5.74, 6) is -0.656. The fraction of sp³-hybridized carbons (Fsp3) is 0.500. The smallest absolute Gasteiger partial charge is 0.310 e. The predicted molar refractivity (Wildman–Crippen MR) is 96.9 cm³/mol. The number of carbonyl (C=O) groups excluding carboxylic acids is 2. The number of esters is 1. The van der Waals surface area contributed by atoms with Crippen LogP contribution in [0.25, 0.3) is 0 Å². The molecule has 0 saturated carbocycles. The van der Waals surface area contributed by atoms with Crippen molar-refractivity contribution in [3.8, 4) is 5.75 Å². The Bertz CT molecular complexity index is 649. The lowest BCUT2D eigenvalue weighted by atomic mass is 9.82. The molecule has 1 aliphatic carbocycles. The standard InChI is InChI=1S/C20H25NO5/c1-24-15-10-8-14(9-11-15)21-19(22)17-6-2-3-7-18(17)20(23)26-13-16-5-4-12-25-16/h2-3,8-11,16-18H,4-7,12-13H2,1H3,(H,21,22)/t16-,17-,18+/m0/s1. The summed E-state index contributed by atoms with van der Waals surface area (Å²) in [6.07, 6.45) is 6.84. The van der Waals surface area contributed by atoms with Crippen LogP contribution in [-0.2, 0) is 19.1 Å². The lowest BCUT2D eigenvalue weighted by molar-refractivity contribution is -0.155. The average molecular weight is 359 g/mol. The van der Waals surface area contributed by atoms with E-state index in [9.17, 15) is 9.59 Å². The fourth-order valence-corrected chi connectivity index (χ4v) is 3.33. The van der Waals surface area contributed by atoms with Crippen molar-refractivity contribution in [1.82, 2.24) is 0 Å². The summed E-state index contributed by atoms with van der Waals surface area (Å²) >= 11 is 0. The Morgan fingerprint density at radius 3 is 2.54 bits per heavy atom. The third-order valence-electron chi connectivity index (χ3n) is 4.86. The molecule has 1 aromatic rings. The number of rotatable bonds is 6. The third kappa shape index (κ3) is 4.64. The minimum atomic E-state index is -0.459. The van der Waals surface area contributed by atoms with E-state index in [0.29, 0.717) is 18.5 Å². The van der Waals surface area contributed by atoms with Crippen LogP contribution in [0, 0.1) is 11.8 Å². The van der Waals surface area contributed by atoms with E-state index in [1.165, 1.54) is 0 Å². The van der Waals surface area contributed by atoms with Crippen molar-refractivity contribution in [2.45, 2.75) is 31.8 Å². The predicted octanol–water partition coefficient (Wildman–Crippen LogP) is 2.94. The molecule has 1 fully saturated rings. The lowest BCUT2D eigenvalue weighted by Gasteiger charge is -2.26. The maximum absolute atomic E-state index is 12.7. The zero-order valence-corrected chi connectivity index (χ0v) is 15.0. The molecule has 140 valence electrons. The maximum atomic E-state index is 12.7. The van der Waals surface area contributed by atoms with Crippen molar-refractivity contribution < 1.29 is 23.8 Å². The van der Waals surface area contributed by atoms with Gasteiger partial charge in [-0.2, -0.15) is 0 Å². The van der Waals surface area contributed by atoms with Crippen LogP contribution in [0.5, 0.6) is 5.75 Å². The van der Waals surface area contributed by atoms with Crippen LogP contribution in [-0.4, -0.2) is 38.3 Å². The fourth-order valence-electron chi connectivity index (χ4n) is 3.33. The van der Waals surface area contributed by atoms with E-state index >= 15 is 0 Å². The van der Waals surface area contributed by atoms with E-state index in [1.807, 2.05) is 12.2 Å². The summed E-state index contributed by atoms with van der Waals surface area (Å²) in [6.45, 7) is 0.993. The van der Waals surface area contributed by atoms with Crippen LogP contribution < -0.4 is 10.1 Å². The molecule has 26 heavy (non-hydrogen) atoms. The van der Waals surface area contributed by atoms with Gasteiger partial charge in [0.2, 0.25) is 5.91 Å². The van der Waals surface area contributed by atoms with E-state index in [1.54, 1.807) is 31.4 Å². The molecule has 1 aliphatic heterocycles. The van der Waals surface area contributed by atoms with Gasteiger partial charge in [0, 0.05) is 12.3 Å². The van der Waals surface area contributed by atoms with Gasteiger partial charge in [-0.05, 0) is 49.9 Å². The number of benzene rings is 1. The quantitative estimate of drug-likeness (QED) is 0.624. The first-order valence-corrected chi connectivity index (χ1v) is 9.05. The zero-order valence-electron chi connectivity index (χ0n) is 15.0. The van der Waals surface area contributed by atoms with Gasteiger partial charge in [0.1, 0.15) is 12.4 Å². The largest absolute Gasteiger partial charge is 0.497 e. The highest BCUT2D eigenvalue weighted by atomic mass is 16.6. The number of allylic oxidation sites excluding steroid dienone is 2. The molecule has 1 saturated heterocycles. The topological polar surface area (TPSA) is 73.9 Å². The van der Waals surface area contributed by atoms with Crippen LogP contribution in [0.4, 0.5) is 5.69 Å². The SMILES string of the molecule is COc1ccc(NC(=O)[C@H]2CC=CC[C@H]2C(=O)OC[C@@H]2CCCO2)cc1. The normalized spacial score (nSPS) is 24.9. The number of hydrogen-bond acceptors (Lipinski definition) is 5. The second-order valence-electron chi connectivity index (χ2n) is 6.64. The van der Waals surface area contributed by atoms with E-state index in [-0.39, 0.29) is 24.6 Å². The number of hydrogen-bond donors (Lipinski definition) is 1. The highest BCUT2D eigenvalue weighted by Crippen LogP contribution is 2.29. The van der Waals surface area contributed by atoms with Gasteiger partial charge in [0.05, 0.1) is 25.0 Å². The van der Waals surface area contributed by atoms with Crippen molar-refractivity contribution in [3.63, 3.8) is 0 Å². The Hall–Kier alpha value is -2.34. The third-order valence-corrected chi connectivity index (χ3v) is 4.86. The molecule has 0 aromatic heterocycles. The van der Waals surface area contributed by atoms with Crippen molar-refractivity contribution >= 4 is 17.6 Å². The zero-order chi connectivity index (χ0) is 18.4. The first kappa shape index (κ1) is 18.5. The van der Waals surface area contributed by atoms with Gasteiger partial charge in [-0.1, -0.05) is 12.2 Å². The number of nitrogens with one attached hydrogen (secondary N) is 1. The van der Waals surface area contributed by atoms with Gasteiger partial charge < -0.3 is 19.5 Å². The van der Waals surface area contributed by atoms with E-state index in [2.05, 4.69) is 5.32 Å². The van der Waals surface area contributed by atoms with Gasteiger partial charge in [0.15, 0.2) is 0 Å². The number of carbonyl (C=O) groups is 2. The molecule has 6 heteroatoms. The van der Waals surface area contributed by atoms with Crippen molar-refractivity contribution in [3.05, 3.63) is 36.4 Å². The molecule has 1 N–H and O–H groups in total. The Morgan fingerprint density at radius 1 is 1.15 bits per heavy atom. The van der Waals surface area contributed by atoms with Gasteiger partial charge in [-0.3, -0.25) is 9.59 Å². The Morgan fingerprint density at radius 2 is 1.88 bits per heavy atom. The summed E-state index contributed by atoms with van der Waals surface area (Å²) in [7, 11) is 1.59. The average Bonchev–Trinajstić information content (AvgIpc) is 3.20. The molecule has 0 spiro atoms. The number of anilines is 1. The molecule has 0 radical (unpaired) electrons. The van der Waals surface area contributed by atoms with Gasteiger partial charge >= 0.3 is 5.97 Å². The first-order valence-electron chi connectivity index (χ1n) is 9.05. The van der Waals surface area contributed by atoms with Crippen molar-refractivity contribution in [2.75, 3.05) is 25.6 Å². The Balaban J connectivity index is 1.58. The number of ether oxygens (including phenoxy) is 3. The van der Waals surface area contributed by atoms with Gasteiger partial charge in [-0.25, -0.2) is 0 Å². The second-order valence-corrected chi connectivity index (χ2v) is 6.64. The van der Waals surface area contributed by atoms with Crippen molar-refractivity contribution in [1.29, 1.82) is 0 Å². The van der Waals surface area contributed by atoms with Gasteiger partial charge in [-0.15, -0.1) is 0 Å². The molecule has 1 amide bonds. The van der Waals surface area contributed by atoms with E-state index in [4.69, 9.17) is 14.2 Å². The first-order chi connectivity index (χ1) is 12.7. The van der Waals surface area contributed by atoms with Gasteiger partial charge in [0.25, 0.3) is 0 Å². The van der Waals surface area contributed by atoms with Crippen LogP contribution in [0.15, 0.2) is 36.4 Å². The maximum Gasteiger partial charge on any atom is 0.310 e. The molecular weight excluding hydrogens is 334 g/mol. The Kier molecular flexibility index (Phi) is 6.28.